The molecule has 0 radical (unpaired) electrons. The van der Waals surface area contributed by atoms with Gasteiger partial charge in [-0.05, 0) is 25.1 Å². The highest BCUT2D eigenvalue weighted by Gasteiger charge is 2.20. The molecule has 1 aromatic carbocycles. The Hall–Kier alpha value is -2.30. The first-order valence-electron chi connectivity index (χ1n) is 6.14. The topological polar surface area (TPSA) is 39.2 Å². The van der Waals surface area contributed by atoms with Crippen LogP contribution in [0.1, 0.15) is 29.3 Å². The van der Waals surface area contributed by atoms with Gasteiger partial charge in [0.25, 0.3) is 6.43 Å². The van der Waals surface area contributed by atoms with Crippen LogP contribution in [-0.4, -0.2) is 17.6 Å². The third-order valence-corrected chi connectivity index (χ3v) is 2.75. The number of carbonyl (C=O) groups excluding carboxylic acids is 1. The third-order valence-electron chi connectivity index (χ3n) is 2.75. The van der Waals surface area contributed by atoms with Gasteiger partial charge >= 0.3 is 5.97 Å². The van der Waals surface area contributed by atoms with E-state index in [0.29, 0.717) is 5.56 Å². The molecule has 0 saturated carbocycles. The molecule has 0 saturated heterocycles. The number of hydrogen-bond donors (Lipinski definition) is 0. The Kier molecular flexibility index (Phi) is 4.40. The van der Waals surface area contributed by atoms with E-state index < -0.39 is 12.4 Å². The van der Waals surface area contributed by atoms with Crippen molar-refractivity contribution in [3.63, 3.8) is 0 Å². The number of halogens is 2. The molecule has 0 aliphatic heterocycles. The summed E-state index contributed by atoms with van der Waals surface area (Å²) in [7, 11) is 0. The zero-order valence-corrected chi connectivity index (χ0v) is 10.8. The summed E-state index contributed by atoms with van der Waals surface area (Å²) in [6.45, 7) is 1.91. The molecule has 5 heteroatoms. The minimum Gasteiger partial charge on any atom is -0.462 e. The van der Waals surface area contributed by atoms with Crippen molar-refractivity contribution in [3.05, 3.63) is 53.7 Å². The minimum atomic E-state index is -2.66. The lowest BCUT2D eigenvalue weighted by molar-refractivity contribution is 0.0527. The highest BCUT2D eigenvalue weighted by atomic mass is 19.3. The number of nitrogens with zero attached hydrogens (tertiary/aromatic N) is 1. The van der Waals surface area contributed by atoms with Crippen molar-refractivity contribution in [1.82, 2.24) is 4.98 Å². The fourth-order valence-corrected chi connectivity index (χ4v) is 1.90. The highest BCUT2D eigenvalue weighted by molar-refractivity contribution is 5.97. The smallest absolute Gasteiger partial charge is 0.338 e. The van der Waals surface area contributed by atoms with E-state index in [1.165, 1.54) is 24.4 Å². The van der Waals surface area contributed by atoms with Gasteiger partial charge in [-0.25, -0.2) is 13.6 Å². The van der Waals surface area contributed by atoms with Crippen LogP contribution in [0.3, 0.4) is 0 Å². The van der Waals surface area contributed by atoms with Gasteiger partial charge in [-0.15, -0.1) is 0 Å². The number of hydrogen-bond acceptors (Lipinski definition) is 3. The Morgan fingerprint density at radius 2 is 2.00 bits per heavy atom. The van der Waals surface area contributed by atoms with Gasteiger partial charge in [0, 0.05) is 17.3 Å². The van der Waals surface area contributed by atoms with Crippen LogP contribution in [0.15, 0.2) is 42.6 Å². The zero-order valence-electron chi connectivity index (χ0n) is 10.8. The molecule has 0 N–H and O–H groups in total. The van der Waals surface area contributed by atoms with Crippen molar-refractivity contribution in [2.45, 2.75) is 13.3 Å². The standard InChI is InChI=1S/C15H13F2NO2/c1-2-20-15(19)11-7-4-3-6-10(11)13-12(14(16)17)8-5-9-18-13/h3-9,14H,2H2,1H3. The van der Waals surface area contributed by atoms with Crippen LogP contribution in [0.25, 0.3) is 11.3 Å². The molecule has 1 heterocycles. The maximum absolute atomic E-state index is 13.0. The Labute approximate surface area is 115 Å². The van der Waals surface area contributed by atoms with Crippen LogP contribution in [0.2, 0.25) is 0 Å². The van der Waals surface area contributed by atoms with E-state index in [1.807, 2.05) is 0 Å². The Morgan fingerprint density at radius 3 is 2.70 bits per heavy atom. The molecule has 2 rings (SSSR count). The van der Waals surface area contributed by atoms with Gasteiger partial charge < -0.3 is 4.74 Å². The molecule has 0 spiro atoms. The molecule has 0 fully saturated rings. The molecule has 0 aliphatic carbocycles. The molecule has 1 aromatic heterocycles. The number of alkyl halides is 2. The van der Waals surface area contributed by atoms with Crippen LogP contribution in [0.5, 0.6) is 0 Å². The van der Waals surface area contributed by atoms with E-state index in [0.717, 1.165) is 0 Å². The summed E-state index contributed by atoms with van der Waals surface area (Å²) in [5.74, 6) is -0.547. The van der Waals surface area contributed by atoms with Crippen LogP contribution in [0.4, 0.5) is 8.78 Å². The SMILES string of the molecule is CCOC(=O)c1ccccc1-c1ncccc1C(F)F. The van der Waals surface area contributed by atoms with Crippen LogP contribution >= 0.6 is 0 Å². The third kappa shape index (κ3) is 2.82. The molecule has 0 bridgehead atoms. The fourth-order valence-electron chi connectivity index (χ4n) is 1.90. The van der Waals surface area contributed by atoms with Gasteiger partial charge in [-0.2, -0.15) is 0 Å². The predicted octanol–water partition coefficient (Wildman–Crippen LogP) is 3.86. The number of esters is 1. The van der Waals surface area contributed by atoms with E-state index in [2.05, 4.69) is 4.98 Å². The summed E-state index contributed by atoms with van der Waals surface area (Å²) in [6, 6.07) is 9.19. The van der Waals surface area contributed by atoms with E-state index in [4.69, 9.17) is 4.74 Å². The summed E-state index contributed by atoms with van der Waals surface area (Å²) < 4.78 is 31.0. The van der Waals surface area contributed by atoms with Crippen molar-refractivity contribution in [2.75, 3.05) is 6.61 Å². The average molecular weight is 277 g/mol. The summed E-state index contributed by atoms with van der Waals surface area (Å²) in [4.78, 5) is 15.9. The van der Waals surface area contributed by atoms with Crippen molar-refractivity contribution >= 4 is 5.97 Å². The second-order valence-corrected chi connectivity index (χ2v) is 4.01. The second kappa shape index (κ2) is 6.23. The fraction of sp³-hybridized carbons (Fsp3) is 0.200. The van der Waals surface area contributed by atoms with Crippen molar-refractivity contribution < 1.29 is 18.3 Å². The zero-order chi connectivity index (χ0) is 14.5. The number of rotatable bonds is 4. The van der Waals surface area contributed by atoms with Crippen LogP contribution in [0, 0.1) is 0 Å². The monoisotopic (exact) mass is 277 g/mol. The molecule has 20 heavy (non-hydrogen) atoms. The summed E-state index contributed by atoms with van der Waals surface area (Å²) in [5, 5.41) is 0. The Balaban J connectivity index is 2.56. The summed E-state index contributed by atoms with van der Waals surface area (Å²) in [5.41, 5.74) is 0.479. The normalized spacial score (nSPS) is 10.6. The molecule has 0 amide bonds. The first-order valence-corrected chi connectivity index (χ1v) is 6.14. The number of benzene rings is 1. The molecule has 0 atom stereocenters. The number of aromatic nitrogens is 1. The van der Waals surface area contributed by atoms with Gasteiger partial charge in [0.2, 0.25) is 0 Å². The molecule has 0 aliphatic rings. The molecule has 3 nitrogen and oxygen atoms in total. The quantitative estimate of drug-likeness (QED) is 0.796. The molecule has 2 aromatic rings. The lowest BCUT2D eigenvalue weighted by Crippen LogP contribution is -2.07. The van der Waals surface area contributed by atoms with Gasteiger partial charge in [0.15, 0.2) is 0 Å². The summed E-state index contributed by atoms with van der Waals surface area (Å²) >= 11 is 0. The molecule has 0 unspecified atom stereocenters. The van der Waals surface area contributed by atoms with Gasteiger partial charge in [0.05, 0.1) is 17.9 Å². The van der Waals surface area contributed by atoms with Gasteiger partial charge in [-0.3, -0.25) is 4.98 Å². The van der Waals surface area contributed by atoms with Crippen molar-refractivity contribution in [2.24, 2.45) is 0 Å². The predicted molar refractivity (Wildman–Crippen MR) is 70.6 cm³/mol. The van der Waals surface area contributed by atoms with E-state index >= 15 is 0 Å². The molecular weight excluding hydrogens is 264 g/mol. The van der Waals surface area contributed by atoms with Crippen molar-refractivity contribution in [1.29, 1.82) is 0 Å². The lowest BCUT2D eigenvalue weighted by atomic mass is 10.0. The van der Waals surface area contributed by atoms with E-state index in [1.54, 1.807) is 25.1 Å². The van der Waals surface area contributed by atoms with E-state index in [9.17, 15) is 13.6 Å². The van der Waals surface area contributed by atoms with E-state index in [-0.39, 0.29) is 23.4 Å². The Morgan fingerprint density at radius 1 is 1.25 bits per heavy atom. The molecule has 104 valence electrons. The average Bonchev–Trinajstić information content (AvgIpc) is 2.47. The van der Waals surface area contributed by atoms with Crippen LogP contribution < -0.4 is 0 Å². The number of ether oxygens (including phenoxy) is 1. The Bertz CT molecular complexity index is 614. The number of carbonyl (C=O) groups is 1. The maximum Gasteiger partial charge on any atom is 0.338 e. The van der Waals surface area contributed by atoms with Crippen molar-refractivity contribution in [3.8, 4) is 11.3 Å². The minimum absolute atomic E-state index is 0.103. The first kappa shape index (κ1) is 14.1. The second-order valence-electron chi connectivity index (χ2n) is 4.01. The van der Waals surface area contributed by atoms with Gasteiger partial charge in [-0.1, -0.05) is 18.2 Å². The van der Waals surface area contributed by atoms with Crippen LogP contribution in [-0.2, 0) is 4.74 Å². The number of pyridine rings is 1. The summed E-state index contributed by atoms with van der Waals surface area (Å²) in [6.07, 6.45) is -1.24. The maximum atomic E-state index is 13.0. The molecular formula is C15H13F2NO2. The highest BCUT2D eigenvalue weighted by Crippen LogP contribution is 2.31. The van der Waals surface area contributed by atoms with Gasteiger partial charge in [0.1, 0.15) is 0 Å². The first-order chi connectivity index (χ1) is 9.65. The lowest BCUT2D eigenvalue weighted by Gasteiger charge is -2.11. The largest absolute Gasteiger partial charge is 0.462 e.